The molecule has 0 unspecified atom stereocenters. The standard InChI is InChI=1S/C7H5ClO2S.C3H6O2.CH3.Y/c8-5-3-4(7(9)10)1-2-6(5)11;1-2-5-3-4;;/h1-3,11H,(H,9,10);3H,2H2,1H3;1H3;/q;;-1;/p-1. The molecule has 99 valence electrons. The van der Waals surface area contributed by atoms with Crippen LogP contribution in [-0.2, 0) is 54.9 Å². The number of carboxylic acids is 1. The number of aromatic carboxylic acids is 1. The number of carbonyl (C=O) groups excluding carboxylic acids is 1. The zero-order valence-electron chi connectivity index (χ0n) is 10.1. The fourth-order valence-corrected chi connectivity index (χ4v) is 1.01. The van der Waals surface area contributed by atoms with E-state index < -0.39 is 5.97 Å². The first kappa shape index (κ1) is 22.9. The summed E-state index contributed by atoms with van der Waals surface area (Å²) in [5, 5.41) is 8.81. The van der Waals surface area contributed by atoms with Crippen LogP contribution in [0, 0.1) is 7.43 Å². The van der Waals surface area contributed by atoms with Crippen LogP contribution in [-0.4, -0.2) is 24.2 Å². The van der Waals surface area contributed by atoms with E-state index in [4.69, 9.17) is 29.3 Å². The number of carbonyl (C=O) groups is 2. The molecule has 18 heavy (non-hydrogen) atoms. The maximum Gasteiger partial charge on any atom is 0.335 e. The third kappa shape index (κ3) is 9.77. The van der Waals surface area contributed by atoms with E-state index in [1.54, 1.807) is 6.92 Å². The van der Waals surface area contributed by atoms with E-state index in [0.29, 0.717) is 23.0 Å². The number of hydrogen-bond donors (Lipinski definition) is 1. The Morgan fingerprint density at radius 1 is 1.56 bits per heavy atom. The Morgan fingerprint density at radius 3 is 2.39 bits per heavy atom. The Labute approximate surface area is 142 Å². The molecule has 0 aliphatic heterocycles. The summed E-state index contributed by atoms with van der Waals surface area (Å²) in [7, 11) is 0. The second kappa shape index (κ2) is 13.2. The van der Waals surface area contributed by atoms with Crippen molar-refractivity contribution in [3.8, 4) is 0 Å². The Morgan fingerprint density at radius 2 is 2.11 bits per heavy atom. The van der Waals surface area contributed by atoms with Crippen molar-refractivity contribution in [2.24, 2.45) is 0 Å². The second-order valence-electron chi connectivity index (χ2n) is 2.50. The molecule has 1 radical (unpaired) electrons. The van der Waals surface area contributed by atoms with Gasteiger partial charge in [0.1, 0.15) is 0 Å². The van der Waals surface area contributed by atoms with Gasteiger partial charge in [-0.1, -0.05) is 17.7 Å². The fourth-order valence-electron chi connectivity index (χ4n) is 0.702. The average molecular weight is 366 g/mol. The zero-order valence-corrected chi connectivity index (χ0v) is 14.5. The van der Waals surface area contributed by atoms with E-state index in [0.717, 1.165) is 0 Å². The van der Waals surface area contributed by atoms with Crippen molar-refractivity contribution in [2.45, 2.75) is 11.8 Å². The van der Waals surface area contributed by atoms with E-state index >= 15 is 0 Å². The van der Waals surface area contributed by atoms with Gasteiger partial charge in [0.05, 0.1) is 12.2 Å². The summed E-state index contributed by atoms with van der Waals surface area (Å²) in [5.74, 6) is -0.998. The van der Waals surface area contributed by atoms with E-state index in [2.05, 4.69) is 4.74 Å². The van der Waals surface area contributed by atoms with Gasteiger partial charge >= 0.3 is 5.97 Å². The van der Waals surface area contributed by atoms with Crippen LogP contribution in [0.4, 0.5) is 0 Å². The van der Waals surface area contributed by atoms with Crippen LogP contribution < -0.4 is 0 Å². The minimum absolute atomic E-state index is 0. The fraction of sp³-hybridized carbons (Fsp3) is 0.182. The molecule has 0 aliphatic rings. The topological polar surface area (TPSA) is 63.6 Å². The van der Waals surface area contributed by atoms with Gasteiger partial charge in [-0.05, 0) is 19.1 Å². The predicted molar refractivity (Wildman–Crippen MR) is 68.1 cm³/mol. The minimum Gasteiger partial charge on any atom is -0.778 e. The molecule has 0 bridgehead atoms. The summed E-state index contributed by atoms with van der Waals surface area (Å²) in [6, 6.07) is 4.27. The molecule has 0 saturated heterocycles. The SMILES string of the molecule is CCOC=O.O=C(O)c1ccc([S-])c(Cl)c1.[CH3-].[Y]. The molecule has 7 heteroatoms. The van der Waals surface area contributed by atoms with Gasteiger partial charge in [0.15, 0.2) is 0 Å². The third-order valence-electron chi connectivity index (χ3n) is 1.41. The Balaban J connectivity index is -0.000000282. The molecule has 0 spiro atoms. The Hall–Kier alpha value is -0.226. The summed E-state index contributed by atoms with van der Waals surface area (Å²) < 4.78 is 4.15. The quantitative estimate of drug-likeness (QED) is 0.507. The van der Waals surface area contributed by atoms with Crippen LogP contribution in [0.5, 0.6) is 0 Å². The molecule has 0 atom stereocenters. The van der Waals surface area contributed by atoms with Gasteiger partial charge in [0.2, 0.25) is 0 Å². The zero-order chi connectivity index (χ0) is 12.6. The molecule has 0 amide bonds. The van der Waals surface area contributed by atoms with Gasteiger partial charge in [0.25, 0.3) is 6.47 Å². The monoisotopic (exact) mass is 365 g/mol. The van der Waals surface area contributed by atoms with Gasteiger partial charge in [-0.3, -0.25) is 4.79 Å². The Bertz CT molecular complexity index is 374. The molecule has 1 aromatic rings. The van der Waals surface area contributed by atoms with Crippen molar-refractivity contribution < 1.29 is 52.1 Å². The molecular formula is C11H13ClO4SY-2. The smallest absolute Gasteiger partial charge is 0.335 e. The normalized spacial score (nSPS) is 7.67. The maximum absolute atomic E-state index is 10.4. The van der Waals surface area contributed by atoms with Crippen molar-refractivity contribution >= 4 is 36.7 Å². The van der Waals surface area contributed by atoms with Crippen LogP contribution >= 0.6 is 11.6 Å². The van der Waals surface area contributed by atoms with Crippen molar-refractivity contribution in [3.63, 3.8) is 0 Å². The molecule has 1 rings (SSSR count). The summed E-state index contributed by atoms with van der Waals surface area (Å²) >= 11 is 10.4. The number of benzene rings is 1. The molecular weight excluding hydrogens is 353 g/mol. The number of halogens is 1. The Kier molecular flexibility index (Phi) is 16.8. The molecule has 0 aromatic heterocycles. The predicted octanol–water partition coefficient (Wildman–Crippen LogP) is 2.57. The molecule has 0 heterocycles. The van der Waals surface area contributed by atoms with Crippen LogP contribution in [0.3, 0.4) is 0 Å². The van der Waals surface area contributed by atoms with Crippen LogP contribution in [0.1, 0.15) is 17.3 Å². The van der Waals surface area contributed by atoms with Crippen molar-refractivity contribution in [1.29, 1.82) is 0 Å². The van der Waals surface area contributed by atoms with Crippen molar-refractivity contribution in [2.75, 3.05) is 6.61 Å². The van der Waals surface area contributed by atoms with E-state index in [9.17, 15) is 9.59 Å². The van der Waals surface area contributed by atoms with Gasteiger partial charge in [-0.2, -0.15) is 4.90 Å². The van der Waals surface area contributed by atoms with Crippen molar-refractivity contribution in [1.82, 2.24) is 0 Å². The largest absolute Gasteiger partial charge is 0.778 e. The summed E-state index contributed by atoms with van der Waals surface area (Å²) in [4.78, 5) is 20.0. The third-order valence-corrected chi connectivity index (χ3v) is 2.19. The van der Waals surface area contributed by atoms with Gasteiger partial charge in [0, 0.05) is 37.7 Å². The summed E-state index contributed by atoms with van der Waals surface area (Å²) in [5.41, 5.74) is 0.156. The second-order valence-corrected chi connectivity index (χ2v) is 3.35. The maximum atomic E-state index is 10.4. The average Bonchev–Trinajstić information content (AvgIpc) is 2.24. The summed E-state index contributed by atoms with van der Waals surface area (Å²) in [6.07, 6.45) is 0. The van der Waals surface area contributed by atoms with E-state index in [1.807, 2.05) is 0 Å². The van der Waals surface area contributed by atoms with Gasteiger partial charge < -0.3 is 29.9 Å². The first-order valence-corrected chi connectivity index (χ1v) is 5.06. The van der Waals surface area contributed by atoms with E-state index in [-0.39, 0.29) is 45.7 Å². The van der Waals surface area contributed by atoms with Gasteiger partial charge in [-0.25, -0.2) is 4.79 Å². The molecule has 1 aromatic carbocycles. The van der Waals surface area contributed by atoms with Crippen LogP contribution in [0.25, 0.3) is 0 Å². The first-order valence-electron chi connectivity index (χ1n) is 4.28. The number of ether oxygens (including phenoxy) is 1. The molecule has 0 fully saturated rings. The number of hydrogen-bond acceptors (Lipinski definition) is 4. The molecule has 4 nitrogen and oxygen atoms in total. The number of rotatable bonds is 3. The first-order chi connectivity index (χ1) is 7.52. The van der Waals surface area contributed by atoms with E-state index in [1.165, 1.54) is 18.2 Å². The molecule has 0 saturated carbocycles. The minimum atomic E-state index is -0.998. The van der Waals surface area contributed by atoms with Crippen LogP contribution in [0.2, 0.25) is 5.02 Å². The van der Waals surface area contributed by atoms with Crippen molar-refractivity contribution in [3.05, 3.63) is 36.2 Å². The summed E-state index contributed by atoms with van der Waals surface area (Å²) in [6.45, 7) is 2.66. The molecule has 1 N–H and O–H groups in total. The molecule has 0 aliphatic carbocycles. The van der Waals surface area contributed by atoms with Crippen LogP contribution in [0.15, 0.2) is 23.1 Å². The number of carboxylic acid groups (broad SMARTS) is 1. The van der Waals surface area contributed by atoms with Gasteiger partial charge in [-0.15, -0.1) is 0 Å².